The normalized spacial score (nSPS) is 23.7. The number of likely N-dealkylation sites (tertiary alicyclic amines) is 1. The van der Waals surface area contributed by atoms with Crippen LogP contribution in [0.3, 0.4) is 0 Å². The second-order valence-electron chi connectivity index (χ2n) is 8.31. The van der Waals surface area contributed by atoms with E-state index in [0.717, 1.165) is 43.7 Å². The fraction of sp³-hybridized carbons (Fsp3) is 0.500. The standard InChI is InChI=1S/C22H28N2O4S/c1-16-3-8-20-19(15-16)22(21(25)23-20)9-11-24(12-10-22)13-14-28-17-4-6-18(7-5-17)29(2,26)27/h3-4,6-8,15,17H,5,9-14H2,1-2H3,(H,23,25). The molecule has 1 N–H and O–H groups in total. The van der Waals surface area contributed by atoms with Gasteiger partial charge in [0.05, 0.1) is 23.0 Å². The molecule has 0 radical (unpaired) electrons. The molecule has 4 rings (SSSR count). The van der Waals surface area contributed by atoms with Gasteiger partial charge in [0.25, 0.3) is 0 Å². The minimum atomic E-state index is -3.15. The average Bonchev–Trinajstić information content (AvgIpc) is 2.94. The van der Waals surface area contributed by atoms with E-state index in [9.17, 15) is 13.2 Å². The number of aryl methyl sites for hydroxylation is 1. The molecule has 1 saturated heterocycles. The Kier molecular flexibility index (Phi) is 5.40. The largest absolute Gasteiger partial charge is 0.372 e. The van der Waals surface area contributed by atoms with Gasteiger partial charge in [-0.1, -0.05) is 29.8 Å². The van der Waals surface area contributed by atoms with Crippen molar-refractivity contribution in [3.8, 4) is 0 Å². The highest BCUT2D eigenvalue weighted by Gasteiger charge is 2.48. The Hall–Kier alpha value is -1.96. The van der Waals surface area contributed by atoms with Crippen LogP contribution < -0.4 is 5.32 Å². The first kappa shape index (κ1) is 20.3. The molecule has 1 aliphatic carbocycles. The molecule has 0 saturated carbocycles. The van der Waals surface area contributed by atoms with E-state index >= 15 is 0 Å². The number of carbonyl (C=O) groups is 1. The Bertz CT molecular complexity index is 973. The van der Waals surface area contributed by atoms with Gasteiger partial charge in [0.1, 0.15) is 0 Å². The molecule has 1 spiro atoms. The van der Waals surface area contributed by atoms with Crippen molar-refractivity contribution in [2.24, 2.45) is 0 Å². The van der Waals surface area contributed by atoms with Crippen LogP contribution in [0.5, 0.6) is 0 Å². The van der Waals surface area contributed by atoms with Gasteiger partial charge in [0, 0.05) is 18.5 Å². The van der Waals surface area contributed by atoms with E-state index in [2.05, 4.69) is 23.2 Å². The summed E-state index contributed by atoms with van der Waals surface area (Å²) in [6.45, 7) is 5.19. The molecule has 29 heavy (non-hydrogen) atoms. The van der Waals surface area contributed by atoms with Gasteiger partial charge in [0.15, 0.2) is 9.84 Å². The minimum Gasteiger partial charge on any atom is -0.372 e. The zero-order valence-electron chi connectivity index (χ0n) is 17.0. The summed E-state index contributed by atoms with van der Waals surface area (Å²) in [6, 6.07) is 6.21. The van der Waals surface area contributed by atoms with E-state index in [1.807, 2.05) is 18.2 Å². The third kappa shape index (κ3) is 4.04. The van der Waals surface area contributed by atoms with E-state index in [0.29, 0.717) is 17.9 Å². The molecule has 156 valence electrons. The first-order valence-electron chi connectivity index (χ1n) is 10.1. The van der Waals surface area contributed by atoms with Gasteiger partial charge in [0.2, 0.25) is 5.91 Å². The zero-order chi connectivity index (χ0) is 20.6. The molecule has 1 atom stereocenters. The summed E-state index contributed by atoms with van der Waals surface area (Å²) >= 11 is 0. The van der Waals surface area contributed by atoms with Gasteiger partial charge in [-0.3, -0.25) is 4.79 Å². The van der Waals surface area contributed by atoms with Crippen molar-refractivity contribution >= 4 is 21.4 Å². The minimum absolute atomic E-state index is 0.0768. The van der Waals surface area contributed by atoms with E-state index in [1.165, 1.54) is 11.8 Å². The van der Waals surface area contributed by atoms with Crippen LogP contribution in [0.2, 0.25) is 0 Å². The predicted molar refractivity (Wildman–Crippen MR) is 114 cm³/mol. The smallest absolute Gasteiger partial charge is 0.235 e. The summed E-state index contributed by atoms with van der Waals surface area (Å²) in [5, 5.41) is 3.06. The number of rotatable bonds is 5. The number of carbonyl (C=O) groups excluding carboxylic acids is 1. The van der Waals surface area contributed by atoms with Crippen LogP contribution in [-0.2, 0) is 24.8 Å². The quantitative estimate of drug-likeness (QED) is 0.798. The highest BCUT2D eigenvalue weighted by Crippen LogP contribution is 2.45. The van der Waals surface area contributed by atoms with Crippen molar-refractivity contribution < 1.29 is 17.9 Å². The molecule has 1 amide bonds. The second-order valence-corrected chi connectivity index (χ2v) is 10.3. The van der Waals surface area contributed by atoms with Gasteiger partial charge >= 0.3 is 0 Å². The van der Waals surface area contributed by atoms with Crippen molar-refractivity contribution in [3.63, 3.8) is 0 Å². The number of hydrogen-bond donors (Lipinski definition) is 1. The van der Waals surface area contributed by atoms with Crippen LogP contribution in [0.1, 0.15) is 30.4 Å². The van der Waals surface area contributed by atoms with Crippen LogP contribution >= 0.6 is 0 Å². The first-order chi connectivity index (χ1) is 13.8. The molecule has 1 aromatic rings. The number of piperidine rings is 1. The Morgan fingerprint density at radius 1 is 1.28 bits per heavy atom. The fourth-order valence-corrected chi connectivity index (χ4v) is 5.22. The molecule has 1 fully saturated rings. The predicted octanol–water partition coefficient (Wildman–Crippen LogP) is 2.55. The van der Waals surface area contributed by atoms with E-state index < -0.39 is 15.3 Å². The summed E-state index contributed by atoms with van der Waals surface area (Å²) in [5.41, 5.74) is 2.91. The maximum Gasteiger partial charge on any atom is 0.235 e. The molecular formula is C22H28N2O4S. The number of ether oxygens (including phenoxy) is 1. The molecule has 3 aliphatic rings. The molecule has 2 heterocycles. The lowest BCUT2D eigenvalue weighted by atomic mass is 9.73. The zero-order valence-corrected chi connectivity index (χ0v) is 17.8. The number of amides is 1. The number of nitrogens with zero attached hydrogens (tertiary/aromatic N) is 1. The monoisotopic (exact) mass is 416 g/mol. The lowest BCUT2D eigenvalue weighted by Crippen LogP contribution is -2.47. The fourth-order valence-electron chi connectivity index (χ4n) is 4.49. The number of hydrogen-bond acceptors (Lipinski definition) is 5. The Balaban J connectivity index is 1.28. The van der Waals surface area contributed by atoms with Crippen molar-refractivity contribution in [1.82, 2.24) is 4.90 Å². The van der Waals surface area contributed by atoms with Crippen LogP contribution in [0.25, 0.3) is 0 Å². The topological polar surface area (TPSA) is 75.7 Å². The van der Waals surface area contributed by atoms with E-state index in [1.54, 1.807) is 12.2 Å². The van der Waals surface area contributed by atoms with Gasteiger partial charge in [-0.2, -0.15) is 0 Å². The van der Waals surface area contributed by atoms with Crippen LogP contribution in [0.15, 0.2) is 41.3 Å². The van der Waals surface area contributed by atoms with Gasteiger partial charge in [-0.15, -0.1) is 0 Å². The molecule has 2 aliphatic heterocycles. The molecule has 6 nitrogen and oxygen atoms in total. The third-order valence-corrected chi connectivity index (χ3v) is 7.44. The molecule has 1 unspecified atom stereocenters. The van der Waals surface area contributed by atoms with E-state index in [-0.39, 0.29) is 12.0 Å². The maximum atomic E-state index is 12.7. The van der Waals surface area contributed by atoms with Crippen LogP contribution in [0, 0.1) is 6.92 Å². The van der Waals surface area contributed by atoms with Crippen molar-refractivity contribution in [2.45, 2.75) is 37.7 Å². The van der Waals surface area contributed by atoms with Crippen LogP contribution in [0.4, 0.5) is 5.69 Å². The van der Waals surface area contributed by atoms with Crippen molar-refractivity contribution in [2.75, 3.05) is 37.8 Å². The molecule has 1 aromatic carbocycles. The number of anilines is 1. The Morgan fingerprint density at radius 2 is 2.03 bits per heavy atom. The second kappa shape index (κ2) is 7.70. The number of nitrogens with one attached hydrogen (secondary N) is 1. The lowest BCUT2D eigenvalue weighted by Gasteiger charge is -2.38. The summed E-state index contributed by atoms with van der Waals surface area (Å²) in [5.74, 6) is 0.134. The van der Waals surface area contributed by atoms with Crippen molar-refractivity contribution in [3.05, 3.63) is 52.5 Å². The Morgan fingerprint density at radius 3 is 2.69 bits per heavy atom. The molecule has 0 bridgehead atoms. The number of allylic oxidation sites excluding steroid dienone is 1. The van der Waals surface area contributed by atoms with Gasteiger partial charge in [-0.05, 0) is 57.0 Å². The average molecular weight is 417 g/mol. The summed E-state index contributed by atoms with van der Waals surface area (Å²) in [6.07, 6.45) is 8.54. The Labute approximate surface area is 172 Å². The van der Waals surface area contributed by atoms with E-state index in [4.69, 9.17) is 4.74 Å². The number of fused-ring (bicyclic) bond motifs is 2. The highest BCUT2D eigenvalue weighted by atomic mass is 32.2. The van der Waals surface area contributed by atoms with Gasteiger partial charge in [-0.25, -0.2) is 8.42 Å². The third-order valence-electron chi connectivity index (χ3n) is 6.28. The summed E-state index contributed by atoms with van der Waals surface area (Å²) in [7, 11) is -3.15. The maximum absolute atomic E-state index is 12.7. The summed E-state index contributed by atoms with van der Waals surface area (Å²) < 4.78 is 29.0. The number of sulfone groups is 1. The molecular weight excluding hydrogens is 388 g/mol. The summed E-state index contributed by atoms with van der Waals surface area (Å²) in [4.78, 5) is 15.4. The SMILES string of the molecule is Cc1ccc2c(c1)C1(CCN(CCOC3C=CC(S(C)(=O)=O)=CC3)CC1)C(=O)N2. The van der Waals surface area contributed by atoms with Crippen LogP contribution in [-0.4, -0.2) is 57.8 Å². The molecule has 0 aromatic heterocycles. The lowest BCUT2D eigenvalue weighted by molar-refractivity contribution is -0.122. The van der Waals surface area contributed by atoms with Gasteiger partial charge < -0.3 is 15.0 Å². The van der Waals surface area contributed by atoms with Crippen molar-refractivity contribution in [1.29, 1.82) is 0 Å². The first-order valence-corrected chi connectivity index (χ1v) is 12.0. The highest BCUT2D eigenvalue weighted by molar-refractivity contribution is 7.94. The number of benzene rings is 1. The molecule has 7 heteroatoms.